The minimum atomic E-state index is -0.726. The summed E-state index contributed by atoms with van der Waals surface area (Å²) in [5.41, 5.74) is 1.37. The molecule has 3 N–H and O–H groups in total. The van der Waals surface area contributed by atoms with Crippen LogP contribution in [-0.2, 0) is 9.59 Å². The Bertz CT molecular complexity index is 1240. The van der Waals surface area contributed by atoms with Crippen molar-refractivity contribution in [3.63, 3.8) is 0 Å². The number of halogens is 2. The SMILES string of the molecule is O=C(Nc1ccc(O)cc1)c1ccc(NC2=C(Cl)C(=O)N(c3ccc(F)cc3)C2=O)cc1. The van der Waals surface area contributed by atoms with E-state index in [4.69, 9.17) is 11.6 Å². The summed E-state index contributed by atoms with van der Waals surface area (Å²) in [4.78, 5) is 38.4. The second kappa shape index (κ2) is 8.52. The van der Waals surface area contributed by atoms with Crippen molar-refractivity contribution in [2.24, 2.45) is 0 Å². The second-order valence-electron chi connectivity index (χ2n) is 6.81. The lowest BCUT2D eigenvalue weighted by molar-refractivity contribution is -0.120. The van der Waals surface area contributed by atoms with E-state index in [0.29, 0.717) is 16.9 Å². The summed E-state index contributed by atoms with van der Waals surface area (Å²) in [6.07, 6.45) is 0. The number of rotatable bonds is 5. The van der Waals surface area contributed by atoms with Gasteiger partial charge in [-0.2, -0.15) is 0 Å². The van der Waals surface area contributed by atoms with Gasteiger partial charge >= 0.3 is 0 Å². The fraction of sp³-hybridized carbons (Fsp3) is 0. The molecule has 7 nitrogen and oxygen atoms in total. The van der Waals surface area contributed by atoms with Gasteiger partial charge in [-0.1, -0.05) is 11.6 Å². The van der Waals surface area contributed by atoms with Crippen LogP contribution in [0.4, 0.5) is 21.5 Å². The molecule has 0 unspecified atom stereocenters. The molecular formula is C23H15ClFN3O4. The Morgan fingerprint density at radius 2 is 1.44 bits per heavy atom. The van der Waals surface area contributed by atoms with Gasteiger partial charge in [-0.05, 0) is 72.8 Å². The third-order valence-electron chi connectivity index (χ3n) is 4.65. The lowest BCUT2D eigenvalue weighted by atomic mass is 10.2. The number of phenolic OH excluding ortho intramolecular Hbond substituents is 1. The van der Waals surface area contributed by atoms with E-state index in [1.54, 1.807) is 24.3 Å². The van der Waals surface area contributed by atoms with E-state index in [2.05, 4.69) is 10.6 Å². The average molecular weight is 452 g/mol. The van der Waals surface area contributed by atoms with Crippen LogP contribution in [0.25, 0.3) is 0 Å². The molecule has 3 amide bonds. The minimum absolute atomic E-state index is 0.0873. The van der Waals surface area contributed by atoms with Gasteiger partial charge in [0.05, 0.1) is 5.69 Å². The van der Waals surface area contributed by atoms with Gasteiger partial charge in [-0.15, -0.1) is 0 Å². The van der Waals surface area contributed by atoms with Crippen molar-refractivity contribution in [2.75, 3.05) is 15.5 Å². The van der Waals surface area contributed by atoms with Crippen LogP contribution < -0.4 is 15.5 Å². The van der Waals surface area contributed by atoms with Crippen LogP contribution in [0.5, 0.6) is 5.75 Å². The number of aromatic hydroxyl groups is 1. The first-order valence-electron chi connectivity index (χ1n) is 9.35. The van der Waals surface area contributed by atoms with Crippen LogP contribution in [0, 0.1) is 5.82 Å². The quantitative estimate of drug-likeness (QED) is 0.398. The number of carbonyl (C=O) groups is 3. The molecule has 1 heterocycles. The Kier molecular flexibility index (Phi) is 5.61. The summed E-state index contributed by atoms with van der Waals surface area (Å²) in [7, 11) is 0. The first-order chi connectivity index (χ1) is 15.3. The van der Waals surface area contributed by atoms with Crippen LogP contribution in [0.15, 0.2) is 83.5 Å². The lowest BCUT2D eigenvalue weighted by Crippen LogP contribution is -2.32. The van der Waals surface area contributed by atoms with Crippen molar-refractivity contribution < 1.29 is 23.9 Å². The maximum Gasteiger partial charge on any atom is 0.283 e. The topological polar surface area (TPSA) is 98.7 Å². The molecule has 0 bridgehead atoms. The molecule has 1 aliphatic rings. The lowest BCUT2D eigenvalue weighted by Gasteiger charge is -2.15. The predicted octanol–water partition coefficient (Wildman–Crippen LogP) is 4.22. The fourth-order valence-electron chi connectivity index (χ4n) is 3.03. The highest BCUT2D eigenvalue weighted by Gasteiger charge is 2.38. The number of imide groups is 1. The van der Waals surface area contributed by atoms with Crippen molar-refractivity contribution in [1.82, 2.24) is 0 Å². The third-order valence-corrected chi connectivity index (χ3v) is 5.00. The van der Waals surface area contributed by atoms with Crippen molar-refractivity contribution in [3.05, 3.63) is 94.9 Å². The molecule has 0 saturated carbocycles. The molecule has 0 radical (unpaired) electrons. The van der Waals surface area contributed by atoms with Gasteiger partial charge in [0.1, 0.15) is 22.3 Å². The highest BCUT2D eigenvalue weighted by atomic mass is 35.5. The van der Waals surface area contributed by atoms with Crippen LogP contribution >= 0.6 is 11.6 Å². The monoisotopic (exact) mass is 451 g/mol. The third kappa shape index (κ3) is 4.17. The van der Waals surface area contributed by atoms with Crippen molar-refractivity contribution in [2.45, 2.75) is 0 Å². The Balaban J connectivity index is 1.47. The summed E-state index contributed by atoms with van der Waals surface area (Å²) < 4.78 is 13.2. The fourth-order valence-corrected chi connectivity index (χ4v) is 3.25. The number of amides is 3. The van der Waals surface area contributed by atoms with Crippen LogP contribution in [0.2, 0.25) is 0 Å². The van der Waals surface area contributed by atoms with Gasteiger partial charge in [0, 0.05) is 16.9 Å². The summed E-state index contributed by atoms with van der Waals surface area (Å²) in [5.74, 6) is -2.19. The number of anilines is 3. The van der Waals surface area contributed by atoms with Gasteiger partial charge in [-0.3, -0.25) is 14.4 Å². The van der Waals surface area contributed by atoms with E-state index in [0.717, 1.165) is 17.0 Å². The molecule has 9 heteroatoms. The molecule has 32 heavy (non-hydrogen) atoms. The smallest absolute Gasteiger partial charge is 0.283 e. The molecular weight excluding hydrogens is 437 g/mol. The Morgan fingerprint density at radius 1 is 0.844 bits per heavy atom. The molecule has 0 saturated heterocycles. The van der Waals surface area contributed by atoms with E-state index in [9.17, 15) is 23.9 Å². The molecule has 4 rings (SSSR count). The number of phenols is 1. The zero-order valence-electron chi connectivity index (χ0n) is 16.3. The number of hydrogen-bond donors (Lipinski definition) is 3. The summed E-state index contributed by atoms with van der Waals surface area (Å²) >= 11 is 6.08. The molecule has 0 fully saturated rings. The normalized spacial score (nSPS) is 13.5. The highest BCUT2D eigenvalue weighted by Crippen LogP contribution is 2.30. The number of nitrogens with zero attached hydrogens (tertiary/aromatic N) is 1. The maximum atomic E-state index is 13.2. The largest absolute Gasteiger partial charge is 0.508 e. The first-order valence-corrected chi connectivity index (χ1v) is 9.73. The van der Waals surface area contributed by atoms with Crippen LogP contribution in [0.1, 0.15) is 10.4 Å². The number of carbonyl (C=O) groups excluding carboxylic acids is 3. The van der Waals surface area contributed by atoms with Gasteiger partial charge in [0.2, 0.25) is 0 Å². The molecule has 0 spiro atoms. The molecule has 0 aliphatic carbocycles. The summed E-state index contributed by atoms with van der Waals surface area (Å²) in [5, 5.41) is 14.5. The minimum Gasteiger partial charge on any atom is -0.508 e. The van der Waals surface area contributed by atoms with Gasteiger partial charge in [-0.25, -0.2) is 9.29 Å². The first kappa shape index (κ1) is 21.1. The summed E-state index contributed by atoms with van der Waals surface area (Å²) in [6.45, 7) is 0. The standard InChI is InChI=1S/C23H15ClFN3O4/c24-19-20(23(32)28(22(19)31)17-9-3-14(25)4-10-17)26-15-5-1-13(2-6-15)21(30)27-16-7-11-18(29)12-8-16/h1-12,26,29H,(H,27,30). The van der Waals surface area contributed by atoms with Crippen molar-refractivity contribution in [3.8, 4) is 5.75 Å². The van der Waals surface area contributed by atoms with E-state index in [1.165, 1.54) is 36.4 Å². The Morgan fingerprint density at radius 3 is 2.06 bits per heavy atom. The highest BCUT2D eigenvalue weighted by molar-refractivity contribution is 6.53. The molecule has 0 aromatic heterocycles. The van der Waals surface area contributed by atoms with Crippen LogP contribution in [-0.4, -0.2) is 22.8 Å². The summed E-state index contributed by atoms with van der Waals surface area (Å²) in [6, 6.07) is 17.1. The van der Waals surface area contributed by atoms with E-state index >= 15 is 0 Å². The van der Waals surface area contributed by atoms with E-state index in [-0.39, 0.29) is 28.1 Å². The second-order valence-corrected chi connectivity index (χ2v) is 7.19. The molecule has 3 aromatic rings. The Hall–Kier alpha value is -4.17. The Labute approximate surface area is 186 Å². The van der Waals surface area contributed by atoms with E-state index < -0.39 is 17.6 Å². The van der Waals surface area contributed by atoms with Crippen molar-refractivity contribution >= 4 is 46.4 Å². The predicted molar refractivity (Wildman–Crippen MR) is 118 cm³/mol. The molecule has 160 valence electrons. The van der Waals surface area contributed by atoms with Crippen molar-refractivity contribution in [1.29, 1.82) is 0 Å². The zero-order valence-corrected chi connectivity index (χ0v) is 17.1. The zero-order chi connectivity index (χ0) is 22.8. The number of benzene rings is 3. The van der Waals surface area contributed by atoms with Crippen LogP contribution in [0.3, 0.4) is 0 Å². The number of nitrogens with one attached hydrogen (secondary N) is 2. The average Bonchev–Trinajstić information content (AvgIpc) is 3.00. The molecule has 1 aliphatic heterocycles. The van der Waals surface area contributed by atoms with Gasteiger partial charge < -0.3 is 15.7 Å². The molecule has 0 atom stereocenters. The maximum absolute atomic E-state index is 13.2. The van der Waals surface area contributed by atoms with Gasteiger partial charge in [0.15, 0.2) is 0 Å². The van der Waals surface area contributed by atoms with E-state index in [1.807, 2.05) is 0 Å². The number of hydrogen-bond acceptors (Lipinski definition) is 5. The van der Waals surface area contributed by atoms with Gasteiger partial charge in [0.25, 0.3) is 17.7 Å². The molecule has 3 aromatic carbocycles.